The number of rotatable bonds is 3. The van der Waals surface area contributed by atoms with Crippen molar-refractivity contribution in [2.24, 2.45) is 5.41 Å². The SMILES string of the molecule is C=CC1=C(C=C)C2(CCN(C(=O)OC(C)(C)C)CC2)Cc2cnc(NC)nc21. The van der Waals surface area contributed by atoms with Crippen molar-refractivity contribution in [2.45, 2.75) is 45.6 Å². The molecule has 0 bridgehead atoms. The normalized spacial score (nSPS) is 18.5. The second kappa shape index (κ2) is 7.41. The molecule has 1 N–H and O–H groups in total. The average Bonchev–Trinajstić information content (AvgIpc) is 2.65. The van der Waals surface area contributed by atoms with Gasteiger partial charge in [0.25, 0.3) is 0 Å². The summed E-state index contributed by atoms with van der Waals surface area (Å²) in [5, 5.41) is 3.00. The molecule has 28 heavy (non-hydrogen) atoms. The Morgan fingerprint density at radius 3 is 2.50 bits per heavy atom. The molecule has 2 heterocycles. The predicted molar refractivity (Wildman–Crippen MR) is 112 cm³/mol. The molecule has 1 aliphatic carbocycles. The van der Waals surface area contributed by atoms with Crippen molar-refractivity contribution in [2.75, 3.05) is 25.5 Å². The molecule has 6 heteroatoms. The third kappa shape index (κ3) is 3.68. The Hall–Kier alpha value is -2.63. The van der Waals surface area contributed by atoms with E-state index in [2.05, 4.69) is 28.4 Å². The number of hydrogen-bond acceptors (Lipinski definition) is 5. The van der Waals surface area contributed by atoms with Crippen molar-refractivity contribution in [3.05, 3.63) is 48.3 Å². The first-order valence-electron chi connectivity index (χ1n) is 9.74. The summed E-state index contributed by atoms with van der Waals surface area (Å²) in [6.45, 7) is 15.1. The zero-order chi connectivity index (χ0) is 20.5. The highest BCUT2D eigenvalue weighted by Gasteiger charge is 2.43. The number of carbonyl (C=O) groups is 1. The van der Waals surface area contributed by atoms with E-state index in [4.69, 9.17) is 4.74 Å². The largest absolute Gasteiger partial charge is 0.444 e. The van der Waals surface area contributed by atoms with Crippen molar-refractivity contribution in [1.29, 1.82) is 0 Å². The number of likely N-dealkylation sites (tertiary alicyclic amines) is 1. The van der Waals surface area contributed by atoms with Crippen molar-refractivity contribution in [3.8, 4) is 0 Å². The maximum absolute atomic E-state index is 12.5. The quantitative estimate of drug-likeness (QED) is 0.848. The Bertz CT molecular complexity index is 827. The summed E-state index contributed by atoms with van der Waals surface area (Å²) >= 11 is 0. The maximum atomic E-state index is 12.5. The minimum Gasteiger partial charge on any atom is -0.444 e. The Kier molecular flexibility index (Phi) is 5.33. The molecule has 1 spiro atoms. The molecule has 6 nitrogen and oxygen atoms in total. The van der Waals surface area contributed by atoms with Gasteiger partial charge in [-0.15, -0.1) is 0 Å². The van der Waals surface area contributed by atoms with Gasteiger partial charge in [0.15, 0.2) is 0 Å². The summed E-state index contributed by atoms with van der Waals surface area (Å²) in [6.07, 6.45) is 7.99. The summed E-state index contributed by atoms with van der Waals surface area (Å²) in [6, 6.07) is 0. The van der Waals surface area contributed by atoms with E-state index in [9.17, 15) is 4.79 Å². The van der Waals surface area contributed by atoms with Crippen LogP contribution in [0.5, 0.6) is 0 Å². The Balaban J connectivity index is 1.90. The highest BCUT2D eigenvalue weighted by atomic mass is 16.6. The minimum atomic E-state index is -0.486. The van der Waals surface area contributed by atoms with Crippen molar-refractivity contribution >= 4 is 17.6 Å². The van der Waals surface area contributed by atoms with E-state index >= 15 is 0 Å². The van der Waals surface area contributed by atoms with Gasteiger partial charge in [-0.05, 0) is 51.2 Å². The Morgan fingerprint density at radius 1 is 1.29 bits per heavy atom. The van der Waals surface area contributed by atoms with E-state index < -0.39 is 5.60 Å². The number of aromatic nitrogens is 2. The van der Waals surface area contributed by atoms with Crippen LogP contribution in [0.4, 0.5) is 10.7 Å². The molecule has 0 unspecified atom stereocenters. The maximum Gasteiger partial charge on any atom is 0.410 e. The summed E-state index contributed by atoms with van der Waals surface area (Å²) in [5.74, 6) is 0.595. The van der Waals surface area contributed by atoms with Gasteiger partial charge < -0.3 is 15.0 Å². The fourth-order valence-corrected chi connectivity index (χ4v) is 4.19. The van der Waals surface area contributed by atoms with E-state index in [0.29, 0.717) is 19.0 Å². The van der Waals surface area contributed by atoms with Crippen LogP contribution in [0, 0.1) is 5.41 Å². The number of nitrogens with zero attached hydrogens (tertiary/aromatic N) is 3. The van der Waals surface area contributed by atoms with Crippen LogP contribution >= 0.6 is 0 Å². The van der Waals surface area contributed by atoms with Gasteiger partial charge in [-0.25, -0.2) is 14.8 Å². The summed E-state index contributed by atoms with van der Waals surface area (Å²) < 4.78 is 5.54. The van der Waals surface area contributed by atoms with E-state index in [0.717, 1.165) is 36.1 Å². The molecule has 0 radical (unpaired) electrons. The molecular formula is C22H30N4O2. The lowest BCUT2D eigenvalue weighted by Gasteiger charge is -2.45. The van der Waals surface area contributed by atoms with Crippen LogP contribution in [0.25, 0.3) is 5.57 Å². The van der Waals surface area contributed by atoms with Crippen molar-refractivity contribution in [1.82, 2.24) is 14.9 Å². The number of carbonyl (C=O) groups excluding carboxylic acids is 1. The number of hydrogen-bond donors (Lipinski definition) is 1. The summed E-state index contributed by atoms with van der Waals surface area (Å²) in [4.78, 5) is 23.3. The van der Waals surface area contributed by atoms with Crippen LogP contribution in [0.15, 0.2) is 37.1 Å². The molecule has 0 aromatic carbocycles. The topological polar surface area (TPSA) is 67.4 Å². The molecule has 3 rings (SSSR count). The number of amides is 1. The van der Waals surface area contributed by atoms with Gasteiger partial charge in [0.1, 0.15) is 5.60 Å². The van der Waals surface area contributed by atoms with Crippen LogP contribution in [-0.2, 0) is 11.2 Å². The first-order chi connectivity index (χ1) is 13.2. The smallest absolute Gasteiger partial charge is 0.410 e. The highest BCUT2D eigenvalue weighted by molar-refractivity contribution is 5.81. The van der Waals surface area contributed by atoms with Gasteiger partial charge in [0.05, 0.1) is 5.69 Å². The standard InChI is InChI=1S/C22H30N4O2/c1-7-16-17(8-2)22(13-15-14-24-19(23-6)25-18(15)16)9-11-26(12-10-22)20(27)28-21(3,4)5/h7-8,14H,1-2,9-13H2,3-6H3,(H,23,24,25). The molecule has 1 fully saturated rings. The lowest BCUT2D eigenvalue weighted by molar-refractivity contribution is 0.0136. The van der Waals surface area contributed by atoms with Gasteiger partial charge in [-0.3, -0.25) is 0 Å². The molecule has 150 valence electrons. The second-order valence-electron chi connectivity index (χ2n) is 8.48. The van der Waals surface area contributed by atoms with Gasteiger partial charge in [0, 0.05) is 37.3 Å². The number of nitrogens with one attached hydrogen (secondary N) is 1. The Morgan fingerprint density at radius 2 is 1.96 bits per heavy atom. The van der Waals surface area contributed by atoms with E-state index in [1.54, 1.807) is 4.90 Å². The number of anilines is 1. The molecule has 1 aromatic heterocycles. The van der Waals surface area contributed by atoms with Crippen LogP contribution < -0.4 is 5.32 Å². The fourth-order valence-electron chi connectivity index (χ4n) is 4.19. The van der Waals surface area contributed by atoms with Crippen LogP contribution in [0.2, 0.25) is 0 Å². The third-order valence-electron chi connectivity index (χ3n) is 5.51. The van der Waals surface area contributed by atoms with Crippen molar-refractivity contribution in [3.63, 3.8) is 0 Å². The van der Waals surface area contributed by atoms with Crippen molar-refractivity contribution < 1.29 is 9.53 Å². The number of piperidine rings is 1. The number of allylic oxidation sites excluding steroid dienone is 4. The predicted octanol–water partition coefficient (Wildman–Crippen LogP) is 4.22. The first-order valence-corrected chi connectivity index (χ1v) is 9.74. The molecule has 2 aliphatic rings. The third-order valence-corrected chi connectivity index (χ3v) is 5.51. The van der Waals surface area contributed by atoms with E-state index in [-0.39, 0.29) is 11.5 Å². The number of ether oxygens (including phenoxy) is 1. The molecule has 1 saturated heterocycles. The lowest BCUT2D eigenvalue weighted by Crippen LogP contribution is -2.47. The summed E-state index contributed by atoms with van der Waals surface area (Å²) in [7, 11) is 1.81. The van der Waals surface area contributed by atoms with Crippen LogP contribution in [0.1, 0.15) is 44.9 Å². The van der Waals surface area contributed by atoms with E-state index in [1.807, 2.05) is 46.2 Å². The zero-order valence-electron chi connectivity index (χ0n) is 17.3. The van der Waals surface area contributed by atoms with Gasteiger partial charge in [-0.1, -0.05) is 25.3 Å². The van der Waals surface area contributed by atoms with Gasteiger partial charge >= 0.3 is 6.09 Å². The molecule has 0 atom stereocenters. The molecular weight excluding hydrogens is 352 g/mol. The fraction of sp³-hybridized carbons (Fsp3) is 0.500. The summed E-state index contributed by atoms with van der Waals surface area (Å²) in [5.41, 5.74) is 3.65. The minimum absolute atomic E-state index is 0.0820. The van der Waals surface area contributed by atoms with Gasteiger partial charge in [-0.2, -0.15) is 0 Å². The molecule has 1 amide bonds. The Labute approximate surface area is 167 Å². The molecule has 1 aromatic rings. The number of fused-ring (bicyclic) bond motifs is 1. The van der Waals surface area contributed by atoms with E-state index in [1.165, 1.54) is 5.57 Å². The molecule has 1 aliphatic heterocycles. The van der Waals surface area contributed by atoms with Gasteiger partial charge in [0.2, 0.25) is 5.95 Å². The zero-order valence-corrected chi connectivity index (χ0v) is 17.3. The monoisotopic (exact) mass is 382 g/mol. The lowest BCUT2D eigenvalue weighted by atomic mass is 9.64. The van der Waals surface area contributed by atoms with Crippen LogP contribution in [0.3, 0.4) is 0 Å². The average molecular weight is 383 g/mol. The molecule has 0 saturated carbocycles. The second-order valence-corrected chi connectivity index (χ2v) is 8.48. The first kappa shape index (κ1) is 20.1. The van der Waals surface area contributed by atoms with Crippen LogP contribution in [-0.4, -0.2) is 46.7 Å². The highest BCUT2D eigenvalue weighted by Crippen LogP contribution is 2.49.